The summed E-state index contributed by atoms with van der Waals surface area (Å²) >= 11 is 0. The number of rotatable bonds is 15. The number of hydrogen-bond acceptors (Lipinski definition) is 7. The number of hydrogen-bond donors (Lipinski definition) is 4. The van der Waals surface area contributed by atoms with Crippen molar-refractivity contribution in [1.29, 1.82) is 0 Å². The van der Waals surface area contributed by atoms with E-state index in [9.17, 15) is 19.2 Å². The second-order valence-corrected chi connectivity index (χ2v) is 9.38. The van der Waals surface area contributed by atoms with Gasteiger partial charge in [0, 0.05) is 48.1 Å². The van der Waals surface area contributed by atoms with E-state index in [-0.39, 0.29) is 50.4 Å². The van der Waals surface area contributed by atoms with Gasteiger partial charge in [-0.3, -0.25) is 14.4 Å². The molecule has 11 nitrogen and oxygen atoms in total. The highest BCUT2D eigenvalue weighted by Crippen LogP contribution is 2.27. The standard InChI is InChI=1S/C31H35N3O8/c1-21-7-3-4-8-27(21)34-31(39)33-23-13-11-22(12-14-23)17-28(35)32-24-18-25(41-15-5-9-29(36)37)20-26(19-24)42-16-6-10-30(38)40-2/h3-4,7-8,11-14,18-20H,5-6,9-10,15-17H2,1-2H3,(H,32,35)(H,36,37)(H2,33,34,39). The van der Waals surface area contributed by atoms with Gasteiger partial charge in [0.15, 0.2) is 0 Å². The van der Waals surface area contributed by atoms with Crippen LogP contribution in [0.5, 0.6) is 11.5 Å². The maximum absolute atomic E-state index is 12.8. The minimum Gasteiger partial charge on any atom is -0.493 e. The molecule has 42 heavy (non-hydrogen) atoms. The first-order valence-corrected chi connectivity index (χ1v) is 13.4. The van der Waals surface area contributed by atoms with Crippen LogP contribution >= 0.6 is 0 Å². The van der Waals surface area contributed by atoms with Crippen LogP contribution in [0.4, 0.5) is 21.9 Å². The van der Waals surface area contributed by atoms with Crippen molar-refractivity contribution in [3.8, 4) is 11.5 Å². The van der Waals surface area contributed by atoms with Crippen molar-refractivity contribution in [2.24, 2.45) is 0 Å². The Balaban J connectivity index is 1.57. The average Bonchev–Trinajstić information content (AvgIpc) is 2.95. The van der Waals surface area contributed by atoms with Gasteiger partial charge in [0.1, 0.15) is 11.5 Å². The van der Waals surface area contributed by atoms with Crippen LogP contribution in [0.1, 0.15) is 36.8 Å². The second kappa shape index (κ2) is 16.3. The lowest BCUT2D eigenvalue weighted by molar-refractivity contribution is -0.141. The van der Waals surface area contributed by atoms with Gasteiger partial charge >= 0.3 is 18.0 Å². The van der Waals surface area contributed by atoms with Crippen molar-refractivity contribution in [3.63, 3.8) is 0 Å². The summed E-state index contributed by atoms with van der Waals surface area (Å²) in [5, 5.41) is 17.2. The Morgan fingerprint density at radius 3 is 2.02 bits per heavy atom. The summed E-state index contributed by atoms with van der Waals surface area (Å²) in [5.74, 6) is -0.710. The topological polar surface area (TPSA) is 152 Å². The van der Waals surface area contributed by atoms with Gasteiger partial charge in [-0.05, 0) is 49.1 Å². The lowest BCUT2D eigenvalue weighted by atomic mass is 10.1. The van der Waals surface area contributed by atoms with Gasteiger partial charge < -0.3 is 35.3 Å². The largest absolute Gasteiger partial charge is 0.493 e. The number of nitrogens with one attached hydrogen (secondary N) is 3. The second-order valence-electron chi connectivity index (χ2n) is 9.38. The zero-order valence-electron chi connectivity index (χ0n) is 23.6. The summed E-state index contributed by atoms with van der Waals surface area (Å²) in [7, 11) is 1.32. The zero-order valence-corrected chi connectivity index (χ0v) is 23.6. The van der Waals surface area contributed by atoms with Gasteiger partial charge in [-0.1, -0.05) is 30.3 Å². The molecule has 0 aliphatic heterocycles. The van der Waals surface area contributed by atoms with Crippen LogP contribution in [0.15, 0.2) is 66.7 Å². The number of aryl methyl sites for hydroxylation is 1. The zero-order chi connectivity index (χ0) is 30.3. The van der Waals surface area contributed by atoms with Crippen molar-refractivity contribution in [3.05, 3.63) is 77.9 Å². The van der Waals surface area contributed by atoms with Crippen molar-refractivity contribution < 1.29 is 38.5 Å². The molecule has 3 amide bonds. The molecule has 0 radical (unpaired) electrons. The predicted octanol–water partition coefficient (Wildman–Crippen LogP) is 5.40. The van der Waals surface area contributed by atoms with Crippen LogP contribution in [0.2, 0.25) is 0 Å². The van der Waals surface area contributed by atoms with Crippen LogP contribution in [0, 0.1) is 6.92 Å². The van der Waals surface area contributed by atoms with Gasteiger partial charge in [-0.25, -0.2) is 4.79 Å². The molecule has 0 aliphatic rings. The Hall–Kier alpha value is -5.06. The summed E-state index contributed by atoms with van der Waals surface area (Å²) in [6.45, 7) is 2.33. The molecule has 0 spiro atoms. The quantitative estimate of drug-likeness (QED) is 0.138. The van der Waals surface area contributed by atoms with Gasteiger partial charge in [0.05, 0.1) is 26.7 Å². The lowest BCUT2D eigenvalue weighted by Gasteiger charge is -2.13. The number of aliphatic carboxylic acids is 1. The molecule has 3 rings (SSSR count). The molecule has 0 aliphatic carbocycles. The van der Waals surface area contributed by atoms with E-state index in [1.807, 2.05) is 31.2 Å². The monoisotopic (exact) mass is 577 g/mol. The number of esters is 1. The summed E-state index contributed by atoms with van der Waals surface area (Å²) < 4.78 is 16.1. The number of carboxylic acid groups (broad SMARTS) is 1. The third-order valence-corrected chi connectivity index (χ3v) is 5.96. The van der Waals surface area contributed by atoms with Crippen LogP contribution in [-0.2, 0) is 25.5 Å². The summed E-state index contributed by atoms with van der Waals surface area (Å²) in [6.07, 6.45) is 1.01. The van der Waals surface area contributed by atoms with E-state index >= 15 is 0 Å². The number of carbonyl (C=O) groups excluding carboxylic acids is 3. The normalized spacial score (nSPS) is 10.3. The number of urea groups is 1. The molecule has 3 aromatic rings. The summed E-state index contributed by atoms with van der Waals surface area (Å²) in [5.41, 5.74) is 3.41. The fourth-order valence-electron chi connectivity index (χ4n) is 3.83. The van der Waals surface area contributed by atoms with E-state index in [0.717, 1.165) is 11.1 Å². The average molecular weight is 578 g/mol. The molecular formula is C31H35N3O8. The molecule has 0 saturated carbocycles. The predicted molar refractivity (Wildman–Crippen MR) is 158 cm³/mol. The molecule has 0 bridgehead atoms. The highest BCUT2D eigenvalue weighted by Gasteiger charge is 2.10. The van der Waals surface area contributed by atoms with Crippen LogP contribution < -0.4 is 25.4 Å². The van der Waals surface area contributed by atoms with E-state index in [1.54, 1.807) is 42.5 Å². The Morgan fingerprint density at radius 1 is 0.762 bits per heavy atom. The molecule has 0 unspecified atom stereocenters. The molecule has 222 valence electrons. The first-order chi connectivity index (χ1) is 20.2. The van der Waals surface area contributed by atoms with Gasteiger partial charge in [-0.15, -0.1) is 0 Å². The molecule has 0 aromatic heterocycles. The minimum absolute atomic E-state index is 0.0288. The fraction of sp³-hybridized carbons (Fsp3) is 0.290. The van der Waals surface area contributed by atoms with Crippen molar-refractivity contribution >= 4 is 40.9 Å². The van der Waals surface area contributed by atoms with Crippen molar-refractivity contribution in [2.45, 2.75) is 39.0 Å². The lowest BCUT2D eigenvalue weighted by Crippen LogP contribution is -2.20. The number of anilines is 3. The molecule has 4 N–H and O–H groups in total. The highest BCUT2D eigenvalue weighted by atomic mass is 16.5. The van der Waals surface area contributed by atoms with E-state index in [0.29, 0.717) is 41.4 Å². The Kier molecular flexibility index (Phi) is 12.2. The molecular weight excluding hydrogens is 542 g/mol. The molecule has 11 heteroatoms. The van der Waals surface area contributed by atoms with Gasteiger partial charge in [0.25, 0.3) is 0 Å². The van der Waals surface area contributed by atoms with Gasteiger partial charge in [0.2, 0.25) is 5.91 Å². The van der Waals surface area contributed by atoms with Crippen LogP contribution in [-0.4, -0.2) is 49.3 Å². The number of carbonyl (C=O) groups is 4. The molecule has 0 saturated heterocycles. The molecule has 3 aromatic carbocycles. The van der Waals surface area contributed by atoms with Crippen LogP contribution in [0.25, 0.3) is 0 Å². The van der Waals surface area contributed by atoms with Crippen LogP contribution in [0.3, 0.4) is 0 Å². The van der Waals surface area contributed by atoms with Gasteiger partial charge in [-0.2, -0.15) is 0 Å². The smallest absolute Gasteiger partial charge is 0.323 e. The maximum Gasteiger partial charge on any atom is 0.323 e. The Labute approximate surface area is 244 Å². The third-order valence-electron chi connectivity index (χ3n) is 5.96. The maximum atomic E-state index is 12.8. The van der Waals surface area contributed by atoms with E-state index in [2.05, 4.69) is 20.7 Å². The van der Waals surface area contributed by atoms with Crippen molar-refractivity contribution in [1.82, 2.24) is 0 Å². The molecule has 0 heterocycles. The minimum atomic E-state index is -0.913. The van der Waals surface area contributed by atoms with Crippen molar-refractivity contribution in [2.75, 3.05) is 36.3 Å². The Morgan fingerprint density at radius 2 is 1.40 bits per heavy atom. The van der Waals surface area contributed by atoms with E-state index < -0.39 is 5.97 Å². The van der Waals surface area contributed by atoms with E-state index in [4.69, 9.17) is 14.6 Å². The summed E-state index contributed by atoms with van der Waals surface area (Å²) in [6, 6.07) is 18.9. The molecule has 0 fully saturated rings. The highest BCUT2D eigenvalue weighted by molar-refractivity contribution is 6.00. The first kappa shape index (κ1) is 31.5. The number of ether oxygens (including phenoxy) is 3. The number of benzene rings is 3. The fourth-order valence-corrected chi connectivity index (χ4v) is 3.83. The Bertz CT molecular complexity index is 1370. The van der Waals surface area contributed by atoms with E-state index in [1.165, 1.54) is 7.11 Å². The number of amides is 3. The number of methoxy groups -OCH3 is 1. The number of para-hydroxylation sites is 1. The number of carboxylic acids is 1. The first-order valence-electron chi connectivity index (χ1n) is 13.4. The summed E-state index contributed by atoms with van der Waals surface area (Å²) in [4.78, 5) is 47.3. The molecule has 0 atom stereocenters. The SMILES string of the molecule is COC(=O)CCCOc1cc(NC(=O)Cc2ccc(NC(=O)Nc3ccccc3C)cc2)cc(OCCCC(=O)O)c1. The third kappa shape index (κ3) is 11.2.